The first kappa shape index (κ1) is 17.7. The molecule has 1 unspecified atom stereocenters. The Morgan fingerprint density at radius 2 is 2.22 bits per heavy atom. The van der Waals surface area contributed by atoms with Crippen LogP contribution in [0.25, 0.3) is 0 Å². The van der Waals surface area contributed by atoms with Gasteiger partial charge >= 0.3 is 6.18 Å². The maximum atomic E-state index is 12.6. The monoisotopic (exact) mass is 361 g/mol. The lowest BCUT2D eigenvalue weighted by Gasteiger charge is -2.11. The summed E-state index contributed by atoms with van der Waals surface area (Å²) in [7, 11) is 0. The van der Waals surface area contributed by atoms with Crippen LogP contribution in [0.2, 0.25) is 0 Å². The first-order valence-corrected chi connectivity index (χ1v) is 8.49. The van der Waals surface area contributed by atoms with E-state index < -0.39 is 17.1 Å². The summed E-state index contributed by atoms with van der Waals surface area (Å²) in [4.78, 5) is 20.3. The summed E-state index contributed by atoms with van der Waals surface area (Å²) in [6, 6.07) is 4.71. The molecule has 0 aliphatic rings. The van der Waals surface area contributed by atoms with E-state index in [1.165, 1.54) is 0 Å². The van der Waals surface area contributed by atoms with E-state index in [1.807, 2.05) is 17.5 Å². The lowest BCUT2D eigenvalue weighted by atomic mass is 10.3. The first-order valence-electron chi connectivity index (χ1n) is 6.73. The predicted octanol–water partition coefficient (Wildman–Crippen LogP) is 3.40. The molecule has 1 atom stereocenters. The van der Waals surface area contributed by atoms with Gasteiger partial charge < -0.3 is 5.32 Å². The highest BCUT2D eigenvalue weighted by Crippen LogP contribution is 2.29. The summed E-state index contributed by atoms with van der Waals surface area (Å²) < 4.78 is 37.8. The smallest absolute Gasteiger partial charge is 0.355 e. The average Bonchev–Trinajstić information content (AvgIpc) is 3.00. The fourth-order valence-corrected chi connectivity index (χ4v) is 3.16. The molecule has 124 valence electrons. The molecule has 1 amide bonds. The van der Waals surface area contributed by atoms with Crippen LogP contribution in [0, 0.1) is 0 Å². The van der Waals surface area contributed by atoms with Crippen LogP contribution in [0.4, 0.5) is 13.2 Å². The molecular formula is C14H14F3N3OS2. The first-order chi connectivity index (χ1) is 10.9. The van der Waals surface area contributed by atoms with Gasteiger partial charge in [-0.2, -0.15) is 13.2 Å². The van der Waals surface area contributed by atoms with Gasteiger partial charge in [-0.25, -0.2) is 9.97 Å². The molecule has 0 saturated carbocycles. The van der Waals surface area contributed by atoms with E-state index >= 15 is 0 Å². The van der Waals surface area contributed by atoms with Gasteiger partial charge in [0.25, 0.3) is 0 Å². The number of aromatic nitrogens is 2. The molecule has 0 aliphatic heterocycles. The lowest BCUT2D eigenvalue weighted by Crippen LogP contribution is -2.32. The molecule has 0 fully saturated rings. The van der Waals surface area contributed by atoms with Crippen molar-refractivity contribution in [3.8, 4) is 0 Å². The Kier molecular flexibility index (Phi) is 6.00. The highest BCUT2D eigenvalue weighted by atomic mass is 32.2. The molecule has 0 aromatic carbocycles. The number of amides is 1. The number of carbonyl (C=O) groups excluding carboxylic acids is 1. The molecule has 4 nitrogen and oxygen atoms in total. The summed E-state index contributed by atoms with van der Waals surface area (Å²) in [5.74, 6) is -0.257. The topological polar surface area (TPSA) is 54.9 Å². The molecule has 2 rings (SSSR count). The van der Waals surface area contributed by atoms with E-state index in [4.69, 9.17) is 0 Å². The Hall–Kier alpha value is -1.61. The van der Waals surface area contributed by atoms with E-state index in [1.54, 1.807) is 18.3 Å². The number of hydrogen-bond acceptors (Lipinski definition) is 5. The third-order valence-corrected chi connectivity index (χ3v) is 4.74. The molecule has 2 aromatic heterocycles. The second kappa shape index (κ2) is 7.78. The van der Waals surface area contributed by atoms with Crippen LogP contribution >= 0.6 is 23.1 Å². The Morgan fingerprint density at radius 3 is 2.87 bits per heavy atom. The van der Waals surface area contributed by atoms with Gasteiger partial charge in [-0.3, -0.25) is 4.79 Å². The van der Waals surface area contributed by atoms with Crippen LogP contribution in [0.3, 0.4) is 0 Å². The van der Waals surface area contributed by atoms with Gasteiger partial charge in [-0.15, -0.1) is 11.3 Å². The Bertz CT molecular complexity index is 647. The largest absolute Gasteiger partial charge is 0.433 e. The zero-order chi connectivity index (χ0) is 16.9. The van der Waals surface area contributed by atoms with Crippen molar-refractivity contribution in [3.05, 3.63) is 40.3 Å². The quantitative estimate of drug-likeness (QED) is 0.633. The molecule has 9 heteroatoms. The van der Waals surface area contributed by atoms with E-state index in [9.17, 15) is 18.0 Å². The second-order valence-electron chi connectivity index (χ2n) is 4.60. The van der Waals surface area contributed by atoms with Crippen LogP contribution < -0.4 is 5.32 Å². The minimum Gasteiger partial charge on any atom is -0.355 e. The van der Waals surface area contributed by atoms with Crippen LogP contribution in [-0.2, 0) is 17.4 Å². The third kappa shape index (κ3) is 5.51. The van der Waals surface area contributed by atoms with Crippen LogP contribution in [0.5, 0.6) is 0 Å². The molecular weight excluding hydrogens is 347 g/mol. The Labute approximate surface area is 139 Å². The standard InChI is InChI=1S/C14H14F3N3OS2/c1-9(12(21)18-6-4-10-3-2-8-22-10)23-13-19-7-5-11(20-13)14(15,16)17/h2-3,5,7-9H,4,6H2,1H3,(H,18,21). The van der Waals surface area contributed by atoms with Crippen molar-refractivity contribution >= 4 is 29.0 Å². The number of thiophene rings is 1. The zero-order valence-electron chi connectivity index (χ0n) is 12.1. The van der Waals surface area contributed by atoms with E-state index in [0.29, 0.717) is 6.54 Å². The van der Waals surface area contributed by atoms with Gasteiger partial charge in [-0.05, 0) is 30.9 Å². The zero-order valence-corrected chi connectivity index (χ0v) is 13.8. The number of nitrogens with one attached hydrogen (secondary N) is 1. The molecule has 0 saturated heterocycles. The highest BCUT2D eigenvalue weighted by molar-refractivity contribution is 8.00. The minimum atomic E-state index is -4.52. The van der Waals surface area contributed by atoms with E-state index in [2.05, 4.69) is 15.3 Å². The normalized spacial score (nSPS) is 12.9. The van der Waals surface area contributed by atoms with Gasteiger partial charge in [0, 0.05) is 17.6 Å². The summed E-state index contributed by atoms with van der Waals surface area (Å²) in [6.45, 7) is 2.09. The molecule has 0 spiro atoms. The molecule has 23 heavy (non-hydrogen) atoms. The van der Waals surface area contributed by atoms with Crippen molar-refractivity contribution in [2.24, 2.45) is 0 Å². The second-order valence-corrected chi connectivity index (χ2v) is 6.94. The van der Waals surface area contributed by atoms with Gasteiger partial charge in [-0.1, -0.05) is 17.8 Å². The summed E-state index contributed by atoms with van der Waals surface area (Å²) in [6.07, 6.45) is -2.76. The maximum absolute atomic E-state index is 12.6. The van der Waals surface area contributed by atoms with Crippen LogP contribution in [0.15, 0.2) is 34.9 Å². The highest BCUT2D eigenvalue weighted by Gasteiger charge is 2.33. The van der Waals surface area contributed by atoms with E-state index in [-0.39, 0.29) is 11.1 Å². The average molecular weight is 361 g/mol. The number of rotatable bonds is 6. The van der Waals surface area contributed by atoms with Crippen molar-refractivity contribution in [2.75, 3.05) is 6.54 Å². The molecule has 0 aliphatic carbocycles. The number of nitrogens with zero attached hydrogens (tertiary/aromatic N) is 2. The number of hydrogen-bond donors (Lipinski definition) is 1. The predicted molar refractivity (Wildman–Crippen MR) is 83.4 cm³/mol. The van der Waals surface area contributed by atoms with Crippen molar-refractivity contribution in [3.63, 3.8) is 0 Å². The molecule has 1 N–H and O–H groups in total. The van der Waals surface area contributed by atoms with Gasteiger partial charge in [0.1, 0.15) is 5.69 Å². The van der Waals surface area contributed by atoms with Crippen LogP contribution in [-0.4, -0.2) is 27.7 Å². The minimum absolute atomic E-state index is 0.0688. The van der Waals surface area contributed by atoms with Crippen molar-refractivity contribution in [2.45, 2.75) is 29.9 Å². The number of thioether (sulfide) groups is 1. The number of carbonyl (C=O) groups is 1. The summed E-state index contributed by atoms with van der Waals surface area (Å²) in [5, 5.41) is 4.06. The van der Waals surface area contributed by atoms with Crippen molar-refractivity contribution in [1.29, 1.82) is 0 Å². The fourth-order valence-electron chi connectivity index (χ4n) is 1.67. The maximum Gasteiger partial charge on any atom is 0.433 e. The fraction of sp³-hybridized carbons (Fsp3) is 0.357. The molecule has 2 aromatic rings. The summed E-state index contributed by atoms with van der Waals surface area (Å²) in [5.41, 5.74) is -1.01. The molecule has 0 radical (unpaired) electrons. The number of alkyl halides is 3. The lowest BCUT2D eigenvalue weighted by molar-refractivity contribution is -0.141. The molecule has 2 heterocycles. The third-order valence-electron chi connectivity index (χ3n) is 2.83. The van der Waals surface area contributed by atoms with Crippen molar-refractivity contribution in [1.82, 2.24) is 15.3 Å². The number of halogens is 3. The van der Waals surface area contributed by atoms with Gasteiger partial charge in [0.15, 0.2) is 5.16 Å². The van der Waals surface area contributed by atoms with Gasteiger partial charge in [0.2, 0.25) is 5.91 Å². The van der Waals surface area contributed by atoms with Crippen molar-refractivity contribution < 1.29 is 18.0 Å². The van der Waals surface area contributed by atoms with Crippen LogP contribution in [0.1, 0.15) is 17.5 Å². The SMILES string of the molecule is CC(Sc1nccc(C(F)(F)F)n1)C(=O)NCCc1cccs1. The molecule has 0 bridgehead atoms. The van der Waals surface area contributed by atoms with E-state index in [0.717, 1.165) is 35.3 Å². The Balaban J connectivity index is 1.85. The van der Waals surface area contributed by atoms with Gasteiger partial charge in [0.05, 0.1) is 5.25 Å². The summed E-state index contributed by atoms with van der Waals surface area (Å²) >= 11 is 2.50. The Morgan fingerprint density at radius 1 is 1.43 bits per heavy atom.